The van der Waals surface area contributed by atoms with E-state index in [1.54, 1.807) is 24.3 Å². The van der Waals surface area contributed by atoms with Gasteiger partial charge in [0.05, 0.1) is 0 Å². The lowest BCUT2D eigenvalue weighted by Gasteiger charge is -2.09. The summed E-state index contributed by atoms with van der Waals surface area (Å²) in [6.45, 7) is 0. The van der Waals surface area contributed by atoms with Crippen molar-refractivity contribution in [2.75, 3.05) is 0 Å². The molecule has 2 heteroatoms. The normalized spacial score (nSPS) is 11.1. The maximum atomic E-state index is 9.50. The van der Waals surface area contributed by atoms with Gasteiger partial charge in [-0.15, -0.1) is 0 Å². The highest BCUT2D eigenvalue weighted by Gasteiger charge is 2.06. The van der Waals surface area contributed by atoms with E-state index >= 15 is 0 Å². The summed E-state index contributed by atoms with van der Waals surface area (Å²) in [6.07, 6.45) is 0. The van der Waals surface area contributed by atoms with E-state index in [-0.39, 0.29) is 11.5 Å². The summed E-state index contributed by atoms with van der Waals surface area (Å²) in [4.78, 5) is 0. The minimum atomic E-state index is 0.278. The average molecular weight is 362 g/mol. The predicted molar refractivity (Wildman–Crippen MR) is 116 cm³/mol. The molecule has 0 unspecified atom stereocenters. The van der Waals surface area contributed by atoms with Crippen LogP contribution in [0, 0.1) is 0 Å². The number of benzene rings is 5. The maximum absolute atomic E-state index is 9.50. The first-order valence-corrected chi connectivity index (χ1v) is 9.23. The molecule has 0 amide bonds. The van der Waals surface area contributed by atoms with Crippen molar-refractivity contribution in [3.8, 4) is 33.8 Å². The number of aromatic hydroxyl groups is 2. The highest BCUT2D eigenvalue weighted by Crippen LogP contribution is 2.33. The summed E-state index contributed by atoms with van der Waals surface area (Å²) in [5, 5.41) is 23.8. The third-order valence-electron chi connectivity index (χ3n) is 5.24. The van der Waals surface area contributed by atoms with E-state index in [9.17, 15) is 10.2 Å². The molecule has 2 nitrogen and oxygen atoms in total. The van der Waals surface area contributed by atoms with Crippen LogP contribution in [0.4, 0.5) is 0 Å². The molecule has 0 saturated heterocycles. The number of phenols is 2. The molecule has 0 aliphatic rings. The summed E-state index contributed by atoms with van der Waals surface area (Å²) in [5.41, 5.74) is 4.44. The van der Waals surface area contributed by atoms with Crippen LogP contribution in [0.2, 0.25) is 0 Å². The predicted octanol–water partition coefficient (Wildman–Crippen LogP) is 6.74. The first-order chi connectivity index (χ1) is 13.7. The molecule has 0 fully saturated rings. The van der Waals surface area contributed by atoms with E-state index < -0.39 is 0 Å². The molecule has 0 aromatic heterocycles. The Bertz CT molecular complexity index is 1200. The molecule has 134 valence electrons. The molecule has 0 aliphatic carbocycles. The zero-order chi connectivity index (χ0) is 19.1. The van der Waals surface area contributed by atoms with Gasteiger partial charge in [0.25, 0.3) is 0 Å². The van der Waals surface area contributed by atoms with E-state index in [0.717, 1.165) is 22.3 Å². The fraction of sp³-hybridized carbons (Fsp3) is 0. The number of hydrogen-bond donors (Lipinski definition) is 2. The second-order valence-electron chi connectivity index (χ2n) is 7.03. The van der Waals surface area contributed by atoms with Crippen molar-refractivity contribution in [2.45, 2.75) is 0 Å². The van der Waals surface area contributed by atoms with E-state index in [1.807, 2.05) is 24.3 Å². The fourth-order valence-electron chi connectivity index (χ4n) is 3.74. The van der Waals surface area contributed by atoms with Crippen LogP contribution in [0.1, 0.15) is 0 Å². The molecule has 0 heterocycles. The van der Waals surface area contributed by atoms with Gasteiger partial charge in [0, 0.05) is 0 Å². The fourth-order valence-corrected chi connectivity index (χ4v) is 3.74. The highest BCUT2D eigenvalue weighted by molar-refractivity contribution is 6.09. The highest BCUT2D eigenvalue weighted by atomic mass is 16.3. The van der Waals surface area contributed by atoms with Gasteiger partial charge in [0.15, 0.2) is 0 Å². The van der Waals surface area contributed by atoms with Gasteiger partial charge >= 0.3 is 0 Å². The van der Waals surface area contributed by atoms with Gasteiger partial charge in [-0.3, -0.25) is 0 Å². The maximum Gasteiger partial charge on any atom is 0.115 e. The Balaban J connectivity index is 1.61. The number of phenolic OH excluding ortho intramolecular Hbond substituents is 2. The van der Waals surface area contributed by atoms with Gasteiger partial charge in [-0.2, -0.15) is 0 Å². The van der Waals surface area contributed by atoms with Crippen LogP contribution < -0.4 is 0 Å². The van der Waals surface area contributed by atoms with Crippen molar-refractivity contribution in [3.63, 3.8) is 0 Å². The molecule has 0 radical (unpaired) electrons. The van der Waals surface area contributed by atoms with Crippen LogP contribution in [0.3, 0.4) is 0 Å². The molecular formula is C26H18O2. The third-order valence-corrected chi connectivity index (χ3v) is 5.24. The van der Waals surface area contributed by atoms with Crippen molar-refractivity contribution in [3.05, 3.63) is 97.1 Å². The second kappa shape index (κ2) is 6.43. The second-order valence-corrected chi connectivity index (χ2v) is 7.03. The number of rotatable bonds is 2. The van der Waals surface area contributed by atoms with Crippen LogP contribution in [0.25, 0.3) is 43.8 Å². The molecule has 5 aromatic rings. The molecule has 0 bridgehead atoms. The summed E-state index contributed by atoms with van der Waals surface area (Å²) < 4.78 is 0. The van der Waals surface area contributed by atoms with Crippen molar-refractivity contribution in [2.24, 2.45) is 0 Å². The minimum absolute atomic E-state index is 0.278. The summed E-state index contributed by atoms with van der Waals surface area (Å²) in [7, 11) is 0. The Kier molecular flexibility index (Phi) is 3.77. The van der Waals surface area contributed by atoms with Crippen molar-refractivity contribution in [1.29, 1.82) is 0 Å². The van der Waals surface area contributed by atoms with E-state index in [4.69, 9.17) is 0 Å². The van der Waals surface area contributed by atoms with Gasteiger partial charge in [-0.05, 0) is 80.2 Å². The van der Waals surface area contributed by atoms with Crippen molar-refractivity contribution >= 4 is 21.5 Å². The lowest BCUT2D eigenvalue weighted by Crippen LogP contribution is -1.83. The van der Waals surface area contributed by atoms with Gasteiger partial charge in [0.1, 0.15) is 11.5 Å². The van der Waals surface area contributed by atoms with Crippen LogP contribution in [0.5, 0.6) is 11.5 Å². The molecule has 2 N–H and O–H groups in total. The van der Waals surface area contributed by atoms with E-state index in [1.165, 1.54) is 21.5 Å². The minimum Gasteiger partial charge on any atom is -0.508 e. The SMILES string of the molecule is Oc1ccc(-c2ccc3c(ccc4cc(-c5ccc(O)cc5)ccc43)c2)cc1. The van der Waals surface area contributed by atoms with E-state index in [0.29, 0.717) is 0 Å². The summed E-state index contributed by atoms with van der Waals surface area (Å²) in [6, 6.07) is 31.9. The third kappa shape index (κ3) is 2.85. The van der Waals surface area contributed by atoms with E-state index in [2.05, 4.69) is 48.5 Å². The zero-order valence-electron chi connectivity index (χ0n) is 15.1. The Hall–Kier alpha value is -3.78. The molecule has 5 aromatic carbocycles. The van der Waals surface area contributed by atoms with Gasteiger partial charge < -0.3 is 10.2 Å². The molecule has 0 spiro atoms. The molecule has 0 aliphatic heterocycles. The number of fused-ring (bicyclic) bond motifs is 3. The summed E-state index contributed by atoms with van der Waals surface area (Å²) >= 11 is 0. The molecule has 0 atom stereocenters. The lowest BCUT2D eigenvalue weighted by molar-refractivity contribution is 0.475. The average Bonchev–Trinajstić information content (AvgIpc) is 2.74. The molecule has 28 heavy (non-hydrogen) atoms. The Morgan fingerprint density at radius 2 is 0.714 bits per heavy atom. The number of hydrogen-bond acceptors (Lipinski definition) is 2. The first kappa shape index (κ1) is 16.4. The monoisotopic (exact) mass is 362 g/mol. The Morgan fingerprint density at radius 1 is 0.357 bits per heavy atom. The largest absolute Gasteiger partial charge is 0.508 e. The Morgan fingerprint density at radius 3 is 1.11 bits per heavy atom. The van der Waals surface area contributed by atoms with Crippen LogP contribution >= 0.6 is 0 Å². The van der Waals surface area contributed by atoms with Crippen LogP contribution in [-0.4, -0.2) is 10.2 Å². The van der Waals surface area contributed by atoms with Gasteiger partial charge in [0.2, 0.25) is 0 Å². The Labute approximate surface area is 162 Å². The zero-order valence-corrected chi connectivity index (χ0v) is 15.1. The first-order valence-electron chi connectivity index (χ1n) is 9.23. The topological polar surface area (TPSA) is 40.5 Å². The molecule has 0 saturated carbocycles. The van der Waals surface area contributed by atoms with Crippen molar-refractivity contribution in [1.82, 2.24) is 0 Å². The smallest absolute Gasteiger partial charge is 0.115 e. The quantitative estimate of drug-likeness (QED) is 0.341. The van der Waals surface area contributed by atoms with Crippen molar-refractivity contribution < 1.29 is 10.2 Å². The molecular weight excluding hydrogens is 344 g/mol. The lowest BCUT2D eigenvalue weighted by atomic mass is 9.95. The summed E-state index contributed by atoms with van der Waals surface area (Å²) in [5.74, 6) is 0.555. The van der Waals surface area contributed by atoms with Gasteiger partial charge in [-0.1, -0.05) is 60.7 Å². The van der Waals surface area contributed by atoms with Gasteiger partial charge in [-0.25, -0.2) is 0 Å². The molecule has 5 rings (SSSR count). The van der Waals surface area contributed by atoms with Crippen LogP contribution in [-0.2, 0) is 0 Å². The van der Waals surface area contributed by atoms with Crippen LogP contribution in [0.15, 0.2) is 97.1 Å². The standard InChI is InChI=1S/C26H18O2/c27-23-9-3-17(4-10-23)19-7-13-25-21(15-19)1-2-22-16-20(8-14-26(22)25)18-5-11-24(28)12-6-18/h1-16,27-28H.